The summed E-state index contributed by atoms with van der Waals surface area (Å²) in [5.41, 5.74) is 1.36. The molecule has 0 unspecified atom stereocenters. The third-order valence-corrected chi connectivity index (χ3v) is 3.12. The molecule has 21 heavy (non-hydrogen) atoms. The van der Waals surface area contributed by atoms with Crippen LogP contribution in [0.2, 0.25) is 0 Å². The molecule has 0 saturated carbocycles. The molecule has 2 rings (SSSR count). The normalized spacial score (nSPS) is 10.0. The molecule has 0 radical (unpaired) electrons. The Kier molecular flexibility index (Phi) is 4.77. The van der Waals surface area contributed by atoms with Gasteiger partial charge < -0.3 is 14.2 Å². The Hall–Kier alpha value is -2.56. The summed E-state index contributed by atoms with van der Waals surface area (Å²) >= 11 is 0. The summed E-state index contributed by atoms with van der Waals surface area (Å²) < 4.78 is 15.8. The van der Waals surface area contributed by atoms with Gasteiger partial charge in [0, 0.05) is 18.8 Å². The van der Waals surface area contributed by atoms with E-state index in [1.165, 1.54) is 21.3 Å². The summed E-state index contributed by atoms with van der Waals surface area (Å²) in [6, 6.07) is 7.00. The van der Waals surface area contributed by atoms with E-state index in [-0.39, 0.29) is 12.2 Å². The number of hydrogen-bond donors (Lipinski definition) is 0. The Labute approximate surface area is 123 Å². The fraction of sp³-hybridized carbons (Fsp3) is 0.250. The van der Waals surface area contributed by atoms with Gasteiger partial charge in [-0.25, -0.2) is 0 Å². The van der Waals surface area contributed by atoms with Gasteiger partial charge in [0.25, 0.3) is 0 Å². The van der Waals surface area contributed by atoms with Crippen LogP contribution in [0.15, 0.2) is 36.7 Å². The van der Waals surface area contributed by atoms with Gasteiger partial charge in [-0.15, -0.1) is 0 Å². The van der Waals surface area contributed by atoms with Crippen molar-refractivity contribution in [3.63, 3.8) is 0 Å². The van der Waals surface area contributed by atoms with Gasteiger partial charge in [-0.2, -0.15) is 0 Å². The molecule has 0 aliphatic heterocycles. The molecule has 1 heterocycles. The van der Waals surface area contributed by atoms with Gasteiger partial charge in [0.1, 0.15) is 0 Å². The zero-order chi connectivity index (χ0) is 15.2. The number of Topliss-reactive ketones (excluding diaryl/α,β-unsaturated/α-hetero) is 1. The van der Waals surface area contributed by atoms with Gasteiger partial charge in [0.15, 0.2) is 17.3 Å². The van der Waals surface area contributed by atoms with Crippen molar-refractivity contribution in [3.05, 3.63) is 47.8 Å². The van der Waals surface area contributed by atoms with Gasteiger partial charge in [-0.1, -0.05) is 0 Å². The highest BCUT2D eigenvalue weighted by atomic mass is 16.5. The molecule has 0 saturated heterocycles. The number of rotatable bonds is 6. The fourth-order valence-corrected chi connectivity index (χ4v) is 2.10. The van der Waals surface area contributed by atoms with Crippen molar-refractivity contribution in [1.82, 2.24) is 4.98 Å². The van der Waals surface area contributed by atoms with E-state index < -0.39 is 0 Å². The molecule has 5 heteroatoms. The van der Waals surface area contributed by atoms with E-state index >= 15 is 0 Å². The minimum absolute atomic E-state index is 0.0565. The molecule has 0 aliphatic rings. The number of ketones is 1. The maximum Gasteiger partial charge on any atom is 0.204 e. The Balaban J connectivity index is 2.37. The van der Waals surface area contributed by atoms with Crippen LogP contribution in [0.3, 0.4) is 0 Å². The second-order valence-corrected chi connectivity index (χ2v) is 4.34. The number of pyridine rings is 1. The zero-order valence-electron chi connectivity index (χ0n) is 12.3. The number of hydrogen-bond acceptors (Lipinski definition) is 5. The first-order valence-electron chi connectivity index (χ1n) is 6.42. The molecular weight excluding hydrogens is 270 g/mol. The summed E-state index contributed by atoms with van der Waals surface area (Å²) in [5, 5.41) is 0. The molecule has 0 spiro atoms. The first kappa shape index (κ1) is 14.8. The highest BCUT2D eigenvalue weighted by Crippen LogP contribution is 2.40. The Morgan fingerprint density at radius 2 is 1.62 bits per heavy atom. The van der Waals surface area contributed by atoms with E-state index in [9.17, 15) is 4.79 Å². The molecular formula is C16H17NO4. The first-order chi connectivity index (χ1) is 10.2. The summed E-state index contributed by atoms with van der Waals surface area (Å²) in [4.78, 5) is 16.4. The van der Waals surface area contributed by atoms with Crippen LogP contribution in [0.5, 0.6) is 17.2 Å². The minimum Gasteiger partial charge on any atom is -0.493 e. The number of ether oxygens (including phenoxy) is 3. The molecule has 2 aromatic rings. The highest BCUT2D eigenvalue weighted by Gasteiger charge is 2.20. The van der Waals surface area contributed by atoms with E-state index in [0.717, 1.165) is 5.56 Å². The second-order valence-electron chi connectivity index (χ2n) is 4.34. The van der Waals surface area contributed by atoms with E-state index in [1.54, 1.807) is 24.5 Å². The lowest BCUT2D eigenvalue weighted by Crippen LogP contribution is -2.07. The lowest BCUT2D eigenvalue weighted by atomic mass is 10.0. The van der Waals surface area contributed by atoms with Crippen LogP contribution >= 0.6 is 0 Å². The molecule has 0 amide bonds. The number of nitrogens with zero attached hydrogens (tertiary/aromatic N) is 1. The number of carbonyl (C=O) groups is 1. The van der Waals surface area contributed by atoms with Crippen LogP contribution in [0.1, 0.15) is 15.9 Å². The maximum atomic E-state index is 12.5. The van der Waals surface area contributed by atoms with Crippen LogP contribution in [0.4, 0.5) is 0 Å². The van der Waals surface area contributed by atoms with Crippen molar-refractivity contribution in [2.45, 2.75) is 6.42 Å². The molecule has 0 atom stereocenters. The Morgan fingerprint density at radius 3 is 2.19 bits per heavy atom. The van der Waals surface area contributed by atoms with Gasteiger partial charge >= 0.3 is 0 Å². The predicted octanol–water partition coefficient (Wildman–Crippen LogP) is 2.53. The molecule has 1 aromatic carbocycles. The van der Waals surface area contributed by atoms with E-state index in [2.05, 4.69) is 4.98 Å². The van der Waals surface area contributed by atoms with Gasteiger partial charge in [-0.05, 0) is 29.8 Å². The first-order valence-corrected chi connectivity index (χ1v) is 6.42. The molecule has 0 N–H and O–H groups in total. The summed E-state index contributed by atoms with van der Waals surface area (Å²) in [6.45, 7) is 0. The van der Waals surface area contributed by atoms with Gasteiger partial charge in [-0.3, -0.25) is 9.78 Å². The minimum atomic E-state index is -0.0565. The largest absolute Gasteiger partial charge is 0.493 e. The van der Waals surface area contributed by atoms with Crippen molar-refractivity contribution in [2.24, 2.45) is 0 Å². The number of methoxy groups -OCH3 is 3. The van der Waals surface area contributed by atoms with Gasteiger partial charge in [0.2, 0.25) is 5.75 Å². The quantitative estimate of drug-likeness (QED) is 0.764. The third-order valence-electron chi connectivity index (χ3n) is 3.12. The number of benzene rings is 1. The number of carbonyl (C=O) groups excluding carboxylic acids is 1. The lowest BCUT2D eigenvalue weighted by molar-refractivity contribution is 0.0989. The van der Waals surface area contributed by atoms with Crippen molar-refractivity contribution >= 4 is 5.78 Å². The summed E-state index contributed by atoms with van der Waals surface area (Å²) in [6.07, 6.45) is 3.59. The highest BCUT2D eigenvalue weighted by molar-refractivity contribution is 6.01. The van der Waals surface area contributed by atoms with Crippen molar-refractivity contribution in [2.75, 3.05) is 21.3 Å². The van der Waals surface area contributed by atoms with Crippen molar-refractivity contribution in [3.8, 4) is 17.2 Å². The van der Waals surface area contributed by atoms with Crippen molar-refractivity contribution < 1.29 is 19.0 Å². The fourth-order valence-electron chi connectivity index (χ4n) is 2.10. The van der Waals surface area contributed by atoms with Crippen LogP contribution in [-0.4, -0.2) is 32.1 Å². The standard InChI is InChI=1S/C16H17NO4/c1-19-14-5-4-12(15(20-2)16(14)21-3)13(18)10-11-6-8-17-9-7-11/h4-9H,10H2,1-3H3. The average molecular weight is 287 g/mol. The van der Waals surface area contributed by atoms with E-state index in [1.807, 2.05) is 12.1 Å². The molecule has 1 aromatic heterocycles. The van der Waals surface area contributed by atoms with E-state index in [0.29, 0.717) is 22.8 Å². The zero-order valence-corrected chi connectivity index (χ0v) is 12.3. The molecule has 0 bridgehead atoms. The topological polar surface area (TPSA) is 57.7 Å². The molecule has 0 aliphatic carbocycles. The smallest absolute Gasteiger partial charge is 0.204 e. The van der Waals surface area contributed by atoms with E-state index in [4.69, 9.17) is 14.2 Å². The van der Waals surface area contributed by atoms with Crippen molar-refractivity contribution in [1.29, 1.82) is 0 Å². The monoisotopic (exact) mass is 287 g/mol. The van der Waals surface area contributed by atoms with Gasteiger partial charge in [0.05, 0.1) is 26.9 Å². The average Bonchev–Trinajstić information content (AvgIpc) is 2.53. The molecule has 5 nitrogen and oxygen atoms in total. The van der Waals surface area contributed by atoms with Crippen LogP contribution in [0, 0.1) is 0 Å². The van der Waals surface area contributed by atoms with Crippen LogP contribution in [0.25, 0.3) is 0 Å². The maximum absolute atomic E-state index is 12.5. The molecule has 0 fully saturated rings. The summed E-state index contributed by atoms with van der Waals surface area (Å²) in [5.74, 6) is 1.27. The Bertz CT molecular complexity index is 626. The molecule has 110 valence electrons. The van der Waals surface area contributed by atoms with Crippen LogP contribution < -0.4 is 14.2 Å². The predicted molar refractivity (Wildman–Crippen MR) is 78.4 cm³/mol. The Morgan fingerprint density at radius 1 is 0.952 bits per heavy atom. The second kappa shape index (κ2) is 6.74. The van der Waals surface area contributed by atoms with Crippen LogP contribution in [-0.2, 0) is 6.42 Å². The number of aromatic nitrogens is 1. The third kappa shape index (κ3) is 3.13. The summed E-state index contributed by atoms with van der Waals surface area (Å²) in [7, 11) is 4.55. The SMILES string of the molecule is COc1ccc(C(=O)Cc2ccncc2)c(OC)c1OC. The lowest BCUT2D eigenvalue weighted by Gasteiger charge is -2.15.